The molecule has 1 aliphatic heterocycles. The Bertz CT molecular complexity index is 291. The van der Waals surface area contributed by atoms with Gasteiger partial charge in [-0.3, -0.25) is 0 Å². The van der Waals surface area contributed by atoms with E-state index in [1.54, 1.807) is 0 Å². The van der Waals surface area contributed by atoms with Crippen molar-refractivity contribution in [3.05, 3.63) is 0 Å². The zero-order valence-corrected chi connectivity index (χ0v) is 13.0. The van der Waals surface area contributed by atoms with Crippen molar-refractivity contribution >= 4 is 0 Å². The molecule has 1 heterocycles. The highest BCUT2D eigenvalue weighted by molar-refractivity contribution is 5.00. The molecule has 0 aromatic carbocycles. The second kappa shape index (κ2) is 7.87. The van der Waals surface area contributed by atoms with Gasteiger partial charge in [-0.25, -0.2) is 0 Å². The van der Waals surface area contributed by atoms with Gasteiger partial charge in [-0.15, -0.1) is 0 Å². The van der Waals surface area contributed by atoms with E-state index < -0.39 is 5.54 Å². The number of nitriles is 1. The Morgan fingerprint density at radius 3 is 2.68 bits per heavy atom. The van der Waals surface area contributed by atoms with Gasteiger partial charge in [0, 0.05) is 0 Å². The summed E-state index contributed by atoms with van der Waals surface area (Å²) in [7, 11) is 0. The van der Waals surface area contributed by atoms with E-state index in [0.717, 1.165) is 24.7 Å². The Kier molecular flexibility index (Phi) is 6.82. The maximum Gasteiger partial charge on any atom is 0.101 e. The molecule has 0 aliphatic carbocycles. The summed E-state index contributed by atoms with van der Waals surface area (Å²) in [5.74, 6) is 1.74. The van der Waals surface area contributed by atoms with Crippen LogP contribution in [-0.2, 0) is 0 Å². The van der Waals surface area contributed by atoms with Crippen LogP contribution in [0.4, 0.5) is 0 Å². The van der Waals surface area contributed by atoms with Gasteiger partial charge in [-0.05, 0) is 76.9 Å². The van der Waals surface area contributed by atoms with Gasteiger partial charge in [0.15, 0.2) is 0 Å². The molecule has 2 N–H and O–H groups in total. The highest BCUT2D eigenvalue weighted by Crippen LogP contribution is 2.24. The second-order valence-electron chi connectivity index (χ2n) is 6.76. The molecule has 2 atom stereocenters. The maximum absolute atomic E-state index is 8.87. The van der Waals surface area contributed by atoms with Crippen molar-refractivity contribution in [2.24, 2.45) is 17.6 Å². The van der Waals surface area contributed by atoms with E-state index in [2.05, 4.69) is 24.8 Å². The Morgan fingerprint density at radius 1 is 1.32 bits per heavy atom. The number of rotatable bonds is 6. The van der Waals surface area contributed by atoms with Crippen LogP contribution in [0.15, 0.2) is 0 Å². The molecule has 0 saturated carbocycles. The predicted octanol–water partition coefficient (Wildman–Crippen LogP) is 3.16. The molecule has 3 heteroatoms. The summed E-state index contributed by atoms with van der Waals surface area (Å²) in [6.45, 7) is 10.2. The van der Waals surface area contributed by atoms with Gasteiger partial charge in [0.05, 0.1) is 6.07 Å². The monoisotopic (exact) mass is 265 g/mol. The topological polar surface area (TPSA) is 53.0 Å². The highest BCUT2D eigenvalue weighted by atomic mass is 15.1. The average molecular weight is 265 g/mol. The first-order valence-corrected chi connectivity index (χ1v) is 7.87. The minimum Gasteiger partial charge on any atom is -0.314 e. The lowest BCUT2D eigenvalue weighted by Crippen LogP contribution is -2.34. The standard InChI is InChI=1S/C16H31N3/c1-14(2)15-7-6-11-19(12-8-15)10-5-4-9-16(3,18)13-17/h14-15H,4-12,18H2,1-3H3. The normalized spacial score (nSPS) is 24.7. The van der Waals surface area contributed by atoms with Gasteiger partial charge in [0.25, 0.3) is 0 Å². The summed E-state index contributed by atoms with van der Waals surface area (Å²) in [6.07, 6.45) is 7.13. The van der Waals surface area contributed by atoms with Crippen LogP contribution in [0.3, 0.4) is 0 Å². The average Bonchev–Trinajstić information content (AvgIpc) is 2.60. The summed E-state index contributed by atoms with van der Waals surface area (Å²) in [5, 5.41) is 8.87. The van der Waals surface area contributed by atoms with E-state index in [0.29, 0.717) is 0 Å². The highest BCUT2D eigenvalue weighted by Gasteiger charge is 2.20. The number of unbranched alkanes of at least 4 members (excludes halogenated alkanes) is 1. The molecule has 0 radical (unpaired) electrons. The molecule has 1 rings (SSSR count). The van der Waals surface area contributed by atoms with E-state index in [-0.39, 0.29) is 0 Å². The van der Waals surface area contributed by atoms with Crippen LogP contribution in [0.5, 0.6) is 0 Å². The molecule has 3 nitrogen and oxygen atoms in total. The Balaban J connectivity index is 2.19. The molecule has 1 fully saturated rings. The number of nitrogens with zero attached hydrogens (tertiary/aromatic N) is 2. The first-order valence-electron chi connectivity index (χ1n) is 7.87. The van der Waals surface area contributed by atoms with E-state index in [4.69, 9.17) is 11.0 Å². The van der Waals surface area contributed by atoms with Crippen molar-refractivity contribution in [3.63, 3.8) is 0 Å². The molecule has 2 unspecified atom stereocenters. The third-order valence-corrected chi connectivity index (χ3v) is 4.48. The van der Waals surface area contributed by atoms with Crippen molar-refractivity contribution in [1.29, 1.82) is 5.26 Å². The number of hydrogen-bond acceptors (Lipinski definition) is 3. The van der Waals surface area contributed by atoms with Gasteiger partial charge >= 0.3 is 0 Å². The van der Waals surface area contributed by atoms with Crippen molar-refractivity contribution in [2.75, 3.05) is 19.6 Å². The van der Waals surface area contributed by atoms with Crippen LogP contribution in [-0.4, -0.2) is 30.1 Å². The van der Waals surface area contributed by atoms with Crippen LogP contribution >= 0.6 is 0 Å². The molecule has 0 aromatic rings. The predicted molar refractivity (Wildman–Crippen MR) is 80.7 cm³/mol. The lowest BCUT2D eigenvalue weighted by molar-refractivity contribution is 0.264. The lowest BCUT2D eigenvalue weighted by Gasteiger charge is -2.22. The Hall–Kier alpha value is -0.590. The summed E-state index contributed by atoms with van der Waals surface area (Å²) in [4.78, 5) is 2.60. The molecule has 19 heavy (non-hydrogen) atoms. The zero-order chi connectivity index (χ0) is 14.3. The second-order valence-corrected chi connectivity index (χ2v) is 6.76. The third kappa shape index (κ3) is 6.40. The summed E-state index contributed by atoms with van der Waals surface area (Å²) in [6, 6.07) is 2.17. The SMILES string of the molecule is CC(C)C1CCCN(CCCCC(C)(N)C#N)CC1. The van der Waals surface area contributed by atoms with Crippen molar-refractivity contribution < 1.29 is 0 Å². The molecular formula is C16H31N3. The Morgan fingerprint density at radius 2 is 2.05 bits per heavy atom. The molecule has 0 spiro atoms. The zero-order valence-electron chi connectivity index (χ0n) is 13.0. The summed E-state index contributed by atoms with van der Waals surface area (Å²) < 4.78 is 0. The van der Waals surface area contributed by atoms with Gasteiger partial charge in [-0.1, -0.05) is 13.8 Å². The quantitative estimate of drug-likeness (QED) is 0.751. The molecule has 0 bridgehead atoms. The van der Waals surface area contributed by atoms with Crippen molar-refractivity contribution in [3.8, 4) is 6.07 Å². The largest absolute Gasteiger partial charge is 0.314 e. The van der Waals surface area contributed by atoms with Gasteiger partial charge < -0.3 is 10.6 Å². The lowest BCUT2D eigenvalue weighted by atomic mass is 9.89. The fourth-order valence-electron chi connectivity index (χ4n) is 2.96. The van der Waals surface area contributed by atoms with Gasteiger partial charge in [0.1, 0.15) is 5.54 Å². The van der Waals surface area contributed by atoms with E-state index in [9.17, 15) is 0 Å². The number of nitrogens with two attached hydrogens (primary N) is 1. The number of likely N-dealkylation sites (tertiary alicyclic amines) is 1. The molecular weight excluding hydrogens is 234 g/mol. The molecule has 1 aliphatic rings. The maximum atomic E-state index is 8.87. The van der Waals surface area contributed by atoms with Crippen LogP contribution < -0.4 is 5.73 Å². The first kappa shape index (κ1) is 16.5. The van der Waals surface area contributed by atoms with Crippen LogP contribution in [0, 0.1) is 23.2 Å². The Labute approximate surface area is 119 Å². The molecule has 1 saturated heterocycles. The summed E-state index contributed by atoms with van der Waals surface area (Å²) in [5.41, 5.74) is 5.20. The van der Waals surface area contributed by atoms with Crippen LogP contribution in [0.25, 0.3) is 0 Å². The van der Waals surface area contributed by atoms with Gasteiger partial charge in [-0.2, -0.15) is 5.26 Å². The van der Waals surface area contributed by atoms with Crippen molar-refractivity contribution in [1.82, 2.24) is 4.90 Å². The summed E-state index contributed by atoms with van der Waals surface area (Å²) >= 11 is 0. The molecule has 0 aromatic heterocycles. The third-order valence-electron chi connectivity index (χ3n) is 4.48. The smallest absolute Gasteiger partial charge is 0.101 e. The fourth-order valence-corrected chi connectivity index (χ4v) is 2.96. The minimum absolute atomic E-state index is 0.637. The van der Waals surface area contributed by atoms with Gasteiger partial charge in [0.2, 0.25) is 0 Å². The fraction of sp³-hybridized carbons (Fsp3) is 0.938. The minimum atomic E-state index is -0.637. The van der Waals surface area contributed by atoms with E-state index in [1.165, 1.54) is 45.3 Å². The van der Waals surface area contributed by atoms with E-state index >= 15 is 0 Å². The van der Waals surface area contributed by atoms with Crippen LogP contribution in [0.1, 0.15) is 59.3 Å². The molecule has 0 amide bonds. The number of hydrogen-bond donors (Lipinski definition) is 1. The van der Waals surface area contributed by atoms with Crippen molar-refractivity contribution in [2.45, 2.75) is 64.8 Å². The molecule has 110 valence electrons. The first-order chi connectivity index (χ1) is 8.94. The van der Waals surface area contributed by atoms with Crippen LogP contribution in [0.2, 0.25) is 0 Å². The van der Waals surface area contributed by atoms with E-state index in [1.807, 2.05) is 6.92 Å².